The number of hydrogen-bond donors (Lipinski definition) is 2. The monoisotopic (exact) mass is 476 g/mol. The van der Waals surface area contributed by atoms with Crippen LogP contribution in [0.2, 0.25) is 0 Å². The average Bonchev–Trinajstić information content (AvgIpc) is 2.97. The maximum atomic E-state index is 13.5. The SMILES string of the molecule is O=C(NCC1(C(=O)N2CCC2C(=O)O)CCCCCC1)OCC1c2ccccc2-c2ccccc21. The highest BCUT2D eigenvalue weighted by Gasteiger charge is 2.48. The first-order chi connectivity index (χ1) is 17.0. The quantitative estimate of drug-likeness (QED) is 0.597. The number of amides is 2. The molecule has 0 bridgehead atoms. The van der Waals surface area contributed by atoms with Gasteiger partial charge in [0.1, 0.15) is 12.6 Å². The second-order valence-corrected chi connectivity index (χ2v) is 10.0. The zero-order chi connectivity index (χ0) is 24.4. The molecule has 2 aromatic carbocycles. The number of benzene rings is 2. The van der Waals surface area contributed by atoms with Crippen molar-refractivity contribution in [1.82, 2.24) is 10.2 Å². The molecule has 0 spiro atoms. The molecule has 2 N–H and O–H groups in total. The number of nitrogens with one attached hydrogen (secondary N) is 1. The predicted molar refractivity (Wildman–Crippen MR) is 131 cm³/mol. The van der Waals surface area contributed by atoms with Crippen LogP contribution in [0.3, 0.4) is 0 Å². The smallest absolute Gasteiger partial charge is 0.407 e. The molecule has 1 unspecified atom stereocenters. The Morgan fingerprint density at radius 1 is 0.943 bits per heavy atom. The molecule has 2 aliphatic carbocycles. The van der Waals surface area contributed by atoms with E-state index in [0.29, 0.717) is 25.8 Å². The van der Waals surface area contributed by atoms with Crippen LogP contribution in [0.5, 0.6) is 0 Å². The highest BCUT2D eigenvalue weighted by Crippen LogP contribution is 2.44. The molecule has 7 heteroatoms. The molecule has 1 saturated carbocycles. The van der Waals surface area contributed by atoms with Crippen LogP contribution in [-0.2, 0) is 14.3 Å². The molecule has 2 aromatic rings. The largest absolute Gasteiger partial charge is 0.480 e. The number of carbonyl (C=O) groups excluding carboxylic acids is 2. The van der Waals surface area contributed by atoms with E-state index in [9.17, 15) is 19.5 Å². The van der Waals surface area contributed by atoms with E-state index in [4.69, 9.17) is 4.74 Å². The normalized spacial score (nSPS) is 20.7. The minimum atomic E-state index is -0.960. The fraction of sp³-hybridized carbons (Fsp3) is 0.464. The highest BCUT2D eigenvalue weighted by atomic mass is 16.5. The Labute approximate surface area is 205 Å². The van der Waals surface area contributed by atoms with Gasteiger partial charge in [-0.3, -0.25) is 4.79 Å². The van der Waals surface area contributed by atoms with Gasteiger partial charge in [-0.05, 0) is 41.5 Å². The van der Waals surface area contributed by atoms with E-state index in [0.717, 1.165) is 36.8 Å². The number of fused-ring (bicyclic) bond motifs is 3. The van der Waals surface area contributed by atoms with E-state index in [1.807, 2.05) is 24.3 Å². The third kappa shape index (κ3) is 4.40. The molecule has 0 radical (unpaired) electrons. The number of nitrogens with zero attached hydrogens (tertiary/aromatic N) is 1. The van der Waals surface area contributed by atoms with Crippen molar-refractivity contribution in [3.63, 3.8) is 0 Å². The van der Waals surface area contributed by atoms with Gasteiger partial charge in [-0.2, -0.15) is 0 Å². The van der Waals surface area contributed by atoms with Crippen molar-refractivity contribution in [2.24, 2.45) is 5.41 Å². The van der Waals surface area contributed by atoms with E-state index in [-0.39, 0.29) is 25.0 Å². The summed E-state index contributed by atoms with van der Waals surface area (Å²) in [5.74, 6) is -1.13. The van der Waals surface area contributed by atoms with Gasteiger partial charge in [0.05, 0.1) is 5.41 Å². The average molecular weight is 477 g/mol. The number of carboxylic acids is 1. The summed E-state index contributed by atoms with van der Waals surface area (Å²) in [6.07, 6.45) is 5.12. The van der Waals surface area contributed by atoms with E-state index in [1.54, 1.807) is 0 Å². The molecule has 184 valence electrons. The van der Waals surface area contributed by atoms with Gasteiger partial charge in [-0.15, -0.1) is 0 Å². The topological polar surface area (TPSA) is 95.9 Å². The van der Waals surface area contributed by atoms with Gasteiger partial charge in [0.15, 0.2) is 0 Å². The lowest BCUT2D eigenvalue weighted by Gasteiger charge is -2.44. The Balaban J connectivity index is 1.25. The zero-order valence-corrected chi connectivity index (χ0v) is 19.9. The maximum Gasteiger partial charge on any atom is 0.407 e. The van der Waals surface area contributed by atoms with Crippen LogP contribution in [0.4, 0.5) is 4.79 Å². The summed E-state index contributed by atoms with van der Waals surface area (Å²) < 4.78 is 5.68. The van der Waals surface area contributed by atoms with Crippen LogP contribution >= 0.6 is 0 Å². The lowest BCUT2D eigenvalue weighted by molar-refractivity contribution is -0.163. The van der Waals surface area contributed by atoms with Gasteiger partial charge in [0, 0.05) is 19.0 Å². The van der Waals surface area contributed by atoms with Gasteiger partial charge >= 0.3 is 12.1 Å². The van der Waals surface area contributed by atoms with Crippen LogP contribution < -0.4 is 5.32 Å². The summed E-state index contributed by atoms with van der Waals surface area (Å²) in [7, 11) is 0. The minimum absolute atomic E-state index is 0.0287. The number of hydrogen-bond acceptors (Lipinski definition) is 4. The number of ether oxygens (including phenoxy) is 1. The number of carbonyl (C=O) groups is 3. The van der Waals surface area contributed by atoms with E-state index in [1.165, 1.54) is 16.0 Å². The summed E-state index contributed by atoms with van der Waals surface area (Å²) in [5, 5.41) is 12.3. The summed E-state index contributed by atoms with van der Waals surface area (Å²) in [6, 6.07) is 15.6. The highest BCUT2D eigenvalue weighted by molar-refractivity contribution is 5.89. The maximum absolute atomic E-state index is 13.5. The van der Waals surface area contributed by atoms with Crippen LogP contribution in [-0.4, -0.2) is 53.7 Å². The molecule has 0 aromatic heterocycles. The fourth-order valence-electron chi connectivity index (χ4n) is 5.95. The first-order valence-electron chi connectivity index (χ1n) is 12.6. The van der Waals surface area contributed by atoms with E-state index < -0.39 is 23.5 Å². The van der Waals surface area contributed by atoms with Crippen molar-refractivity contribution < 1.29 is 24.2 Å². The molecule has 5 rings (SSSR count). The lowest BCUT2D eigenvalue weighted by atomic mass is 9.77. The molecule has 1 saturated heterocycles. The molecule has 1 aliphatic heterocycles. The van der Waals surface area contributed by atoms with E-state index in [2.05, 4.69) is 29.6 Å². The van der Waals surface area contributed by atoms with Crippen molar-refractivity contribution in [1.29, 1.82) is 0 Å². The fourth-order valence-corrected chi connectivity index (χ4v) is 5.95. The second kappa shape index (κ2) is 9.72. The number of alkyl carbamates (subject to hydrolysis) is 1. The van der Waals surface area contributed by atoms with E-state index >= 15 is 0 Å². The van der Waals surface area contributed by atoms with Crippen molar-refractivity contribution in [3.8, 4) is 11.1 Å². The number of rotatable bonds is 6. The molecular weight excluding hydrogens is 444 g/mol. The third-order valence-corrected chi connectivity index (χ3v) is 7.99. The predicted octanol–water partition coefficient (Wildman–Crippen LogP) is 4.55. The Morgan fingerprint density at radius 3 is 2.09 bits per heavy atom. The van der Waals surface area contributed by atoms with Gasteiger partial charge in [-0.1, -0.05) is 74.2 Å². The summed E-state index contributed by atoms with van der Waals surface area (Å²) in [6.45, 7) is 0.849. The van der Waals surface area contributed by atoms with Gasteiger partial charge < -0.3 is 20.1 Å². The summed E-state index contributed by atoms with van der Waals surface area (Å²) >= 11 is 0. The Kier molecular flexibility index (Phi) is 6.50. The minimum Gasteiger partial charge on any atom is -0.480 e. The second-order valence-electron chi connectivity index (χ2n) is 10.0. The molecule has 1 atom stereocenters. The Hall–Kier alpha value is -3.35. The van der Waals surface area contributed by atoms with Crippen LogP contribution in [0.15, 0.2) is 48.5 Å². The van der Waals surface area contributed by atoms with Gasteiger partial charge in [0.2, 0.25) is 5.91 Å². The van der Waals surface area contributed by atoms with Crippen molar-refractivity contribution >= 4 is 18.0 Å². The third-order valence-electron chi connectivity index (χ3n) is 7.99. The number of carboxylic acid groups (broad SMARTS) is 1. The molecular formula is C28H32N2O5. The summed E-state index contributed by atoms with van der Waals surface area (Å²) in [5.41, 5.74) is 3.87. The Bertz CT molecular complexity index is 1080. The zero-order valence-electron chi connectivity index (χ0n) is 19.9. The first kappa shape index (κ1) is 23.4. The van der Waals surface area contributed by atoms with Gasteiger partial charge in [0.25, 0.3) is 0 Å². The standard InChI is InChI=1S/C28H32N2O5/c31-25(32)24-13-16-30(24)26(33)28(14-7-1-2-8-15-28)18-29-27(34)35-17-23-21-11-5-3-9-19(21)20-10-4-6-12-22(20)23/h3-6,9-12,23-24H,1-2,7-8,13-18H2,(H,29,34)(H,31,32). The van der Waals surface area contributed by atoms with Gasteiger partial charge in [-0.25, -0.2) is 9.59 Å². The molecule has 2 amide bonds. The van der Waals surface area contributed by atoms with Crippen LogP contribution in [0.25, 0.3) is 11.1 Å². The first-order valence-corrected chi connectivity index (χ1v) is 12.6. The molecule has 7 nitrogen and oxygen atoms in total. The molecule has 1 heterocycles. The Morgan fingerprint density at radius 2 is 1.54 bits per heavy atom. The molecule has 35 heavy (non-hydrogen) atoms. The van der Waals surface area contributed by atoms with Crippen molar-refractivity contribution in [2.75, 3.05) is 19.7 Å². The number of aliphatic carboxylic acids is 1. The van der Waals surface area contributed by atoms with Crippen LogP contribution in [0.1, 0.15) is 62.0 Å². The van der Waals surface area contributed by atoms with Crippen molar-refractivity contribution in [2.45, 2.75) is 56.9 Å². The van der Waals surface area contributed by atoms with Crippen LogP contribution in [0, 0.1) is 5.41 Å². The number of likely N-dealkylation sites (tertiary alicyclic amines) is 1. The summed E-state index contributed by atoms with van der Waals surface area (Å²) in [4.78, 5) is 39.3. The molecule has 2 fully saturated rings. The van der Waals surface area contributed by atoms with Crippen molar-refractivity contribution in [3.05, 3.63) is 59.7 Å². The lowest BCUT2D eigenvalue weighted by Crippen LogP contribution is -2.61. The molecule has 3 aliphatic rings.